The Balaban J connectivity index is 0.655. The van der Waals surface area contributed by atoms with Crippen LogP contribution in [0.15, 0.2) is 87.9 Å². The first-order valence-corrected chi connectivity index (χ1v) is 21.6. The molecule has 8 aliphatic heterocycles. The standard InChI is InChI=1S/C45H49N11O5/c46-41-39-40(27-8-11-35(12-9-27)61-34-6-2-1-3-7-34)50-56(42(39)48-26-47-41)32-5-4-16-51(23-32)33-24-54(25-33)45(60)53-20-30(21-53)29-18-52(19-29)31-10-13-36-28(17-31)22-55(44(36)59)37-14-15-38(57)49-43(37)58/h1-3,6-13,17,26,29-30,32-33,37,39,42H,4-5,14-16,18-25H2,(H2,46,47,48)(H,49,57,58). The van der Waals surface area contributed by atoms with Crippen LogP contribution < -0.4 is 20.7 Å². The minimum absolute atomic E-state index is 0.143. The minimum atomic E-state index is -0.614. The summed E-state index contributed by atoms with van der Waals surface area (Å²) in [5, 5.41) is 9.73. The second kappa shape index (κ2) is 15.0. The lowest BCUT2D eigenvalue weighted by Crippen LogP contribution is -2.69. The highest BCUT2D eigenvalue weighted by Crippen LogP contribution is 2.39. The van der Waals surface area contributed by atoms with Crippen LogP contribution in [0.2, 0.25) is 0 Å². The molecule has 5 saturated heterocycles. The monoisotopic (exact) mass is 823 g/mol. The van der Waals surface area contributed by atoms with Gasteiger partial charge in [-0.05, 0) is 91.5 Å². The van der Waals surface area contributed by atoms with Crippen molar-refractivity contribution in [2.45, 2.75) is 56.5 Å². The third kappa shape index (κ3) is 6.76. The molecule has 11 rings (SSSR count). The van der Waals surface area contributed by atoms with E-state index in [4.69, 9.17) is 20.6 Å². The van der Waals surface area contributed by atoms with Gasteiger partial charge in [0.25, 0.3) is 5.91 Å². The van der Waals surface area contributed by atoms with Crippen molar-refractivity contribution in [2.24, 2.45) is 38.6 Å². The van der Waals surface area contributed by atoms with Crippen molar-refractivity contribution in [2.75, 3.05) is 57.3 Å². The molecule has 16 heteroatoms. The van der Waals surface area contributed by atoms with Gasteiger partial charge < -0.3 is 30.1 Å². The molecular weight excluding hydrogens is 775 g/mol. The maximum atomic E-state index is 13.5. The molecule has 8 aliphatic rings. The predicted molar refractivity (Wildman–Crippen MR) is 227 cm³/mol. The van der Waals surface area contributed by atoms with Crippen LogP contribution in [-0.4, -0.2) is 143 Å². The lowest BCUT2D eigenvalue weighted by Gasteiger charge is -2.54. The Kier molecular flexibility index (Phi) is 9.27. The van der Waals surface area contributed by atoms with Crippen molar-refractivity contribution in [1.82, 2.24) is 29.9 Å². The molecule has 0 bridgehead atoms. The van der Waals surface area contributed by atoms with E-state index >= 15 is 0 Å². The van der Waals surface area contributed by atoms with Crippen LogP contribution in [0.3, 0.4) is 0 Å². The number of hydrogen-bond donors (Lipinski definition) is 2. The molecule has 0 radical (unpaired) electrons. The van der Waals surface area contributed by atoms with Gasteiger partial charge in [-0.2, -0.15) is 5.10 Å². The fourth-order valence-electron chi connectivity index (χ4n) is 10.4. The number of aliphatic imine (C=N–C) groups is 2. The molecule has 61 heavy (non-hydrogen) atoms. The van der Waals surface area contributed by atoms with Crippen LogP contribution in [0.1, 0.15) is 47.2 Å². The number of para-hydroxylation sites is 1. The number of likely N-dealkylation sites (tertiary alicyclic amines) is 3. The number of ether oxygens (including phenoxy) is 1. The Morgan fingerprint density at radius 1 is 0.820 bits per heavy atom. The molecule has 4 unspecified atom stereocenters. The molecule has 314 valence electrons. The second-order valence-electron chi connectivity index (χ2n) is 17.7. The Labute approximate surface area is 353 Å². The van der Waals surface area contributed by atoms with Crippen molar-refractivity contribution in [1.29, 1.82) is 0 Å². The minimum Gasteiger partial charge on any atom is -0.457 e. The smallest absolute Gasteiger partial charge is 0.320 e. The molecule has 0 saturated carbocycles. The zero-order valence-corrected chi connectivity index (χ0v) is 33.9. The van der Waals surface area contributed by atoms with E-state index in [1.54, 1.807) is 11.2 Å². The number of hydrazone groups is 1. The number of amides is 5. The number of benzene rings is 3. The van der Waals surface area contributed by atoms with Gasteiger partial charge in [-0.25, -0.2) is 14.8 Å². The lowest BCUT2D eigenvalue weighted by molar-refractivity contribution is -0.136. The molecule has 5 fully saturated rings. The molecule has 8 heterocycles. The normalized spacial score (nSPS) is 26.9. The maximum Gasteiger partial charge on any atom is 0.320 e. The molecule has 3 aromatic carbocycles. The van der Waals surface area contributed by atoms with Gasteiger partial charge in [0.1, 0.15) is 35.6 Å². The van der Waals surface area contributed by atoms with Crippen molar-refractivity contribution in [3.8, 4) is 11.5 Å². The molecule has 3 N–H and O–H groups in total. The zero-order valence-electron chi connectivity index (χ0n) is 33.9. The van der Waals surface area contributed by atoms with Crippen molar-refractivity contribution in [3.05, 3.63) is 89.5 Å². The summed E-state index contributed by atoms with van der Waals surface area (Å²) < 4.78 is 6.03. The number of nitrogens with two attached hydrogens (primary N) is 1. The summed E-state index contributed by atoms with van der Waals surface area (Å²) >= 11 is 0. The Morgan fingerprint density at radius 2 is 1.57 bits per heavy atom. The van der Waals surface area contributed by atoms with Crippen molar-refractivity contribution in [3.63, 3.8) is 0 Å². The zero-order chi connectivity index (χ0) is 41.4. The van der Waals surface area contributed by atoms with Gasteiger partial charge in [-0.1, -0.05) is 18.2 Å². The van der Waals surface area contributed by atoms with Crippen LogP contribution in [-0.2, 0) is 16.1 Å². The average molecular weight is 824 g/mol. The summed E-state index contributed by atoms with van der Waals surface area (Å²) in [7, 11) is 0. The first-order chi connectivity index (χ1) is 29.7. The summed E-state index contributed by atoms with van der Waals surface area (Å²) in [5.41, 5.74) is 11.0. The SMILES string of the molecule is NC1=NC=NC2C1C(c1ccc(Oc3ccccc3)cc1)=NN2C1CCCN(C2CN(C(=O)N3CC(C4CN(c5ccc6c(c5)CN(C5CCC(=O)NC5=O)C6=O)C4)C3)C2)C1. The number of hydrogen-bond acceptors (Lipinski definition) is 12. The number of nitrogens with one attached hydrogen (secondary N) is 1. The lowest BCUT2D eigenvalue weighted by atomic mass is 9.80. The predicted octanol–water partition coefficient (Wildman–Crippen LogP) is 2.94. The highest BCUT2D eigenvalue weighted by Gasteiger charge is 2.48. The molecule has 5 amide bonds. The number of carbonyl (C=O) groups is 4. The summed E-state index contributed by atoms with van der Waals surface area (Å²) in [6, 6.07) is 23.6. The Bertz CT molecular complexity index is 2350. The number of carbonyl (C=O) groups excluding carboxylic acids is 4. The van der Waals surface area contributed by atoms with Crippen LogP contribution in [0.25, 0.3) is 0 Å². The molecule has 16 nitrogen and oxygen atoms in total. The number of nitrogens with zero attached hydrogens (tertiary/aromatic N) is 9. The van der Waals surface area contributed by atoms with E-state index in [-0.39, 0.29) is 42.4 Å². The van der Waals surface area contributed by atoms with E-state index < -0.39 is 11.9 Å². The second-order valence-corrected chi connectivity index (χ2v) is 17.7. The van der Waals surface area contributed by atoms with E-state index in [1.165, 1.54) is 0 Å². The Hall–Kier alpha value is -6.29. The molecular formula is C45H49N11O5. The fourth-order valence-corrected chi connectivity index (χ4v) is 10.4. The number of amidine groups is 1. The third-order valence-corrected chi connectivity index (χ3v) is 14.0. The Morgan fingerprint density at radius 3 is 2.36 bits per heavy atom. The van der Waals surface area contributed by atoms with Gasteiger partial charge in [-0.15, -0.1) is 0 Å². The van der Waals surface area contributed by atoms with Gasteiger partial charge in [0.15, 0.2) is 6.17 Å². The average Bonchev–Trinajstić information content (AvgIpc) is 3.77. The summed E-state index contributed by atoms with van der Waals surface area (Å²) in [6.45, 7) is 7.12. The first kappa shape index (κ1) is 37.7. The number of imide groups is 1. The highest BCUT2D eigenvalue weighted by atomic mass is 16.5. The molecule has 0 spiro atoms. The van der Waals surface area contributed by atoms with E-state index in [9.17, 15) is 19.2 Å². The number of anilines is 1. The number of fused-ring (bicyclic) bond motifs is 2. The van der Waals surface area contributed by atoms with Gasteiger partial charge in [-0.3, -0.25) is 29.6 Å². The van der Waals surface area contributed by atoms with Crippen LogP contribution in [0.5, 0.6) is 11.5 Å². The number of urea groups is 1. The summed E-state index contributed by atoms with van der Waals surface area (Å²) in [6.07, 6.45) is 3.97. The van der Waals surface area contributed by atoms with Gasteiger partial charge in [0.2, 0.25) is 11.8 Å². The first-order valence-electron chi connectivity index (χ1n) is 21.6. The summed E-state index contributed by atoms with van der Waals surface area (Å²) in [4.78, 5) is 70.4. The van der Waals surface area contributed by atoms with E-state index in [0.29, 0.717) is 42.2 Å². The number of rotatable bonds is 8. The van der Waals surface area contributed by atoms with Gasteiger partial charge in [0, 0.05) is 87.9 Å². The molecule has 0 aliphatic carbocycles. The van der Waals surface area contributed by atoms with Crippen LogP contribution >= 0.6 is 0 Å². The summed E-state index contributed by atoms with van der Waals surface area (Å²) in [5.74, 6) is 1.99. The maximum absolute atomic E-state index is 13.5. The molecule has 0 aromatic heterocycles. The van der Waals surface area contributed by atoms with Gasteiger partial charge in [0.05, 0.1) is 11.8 Å². The van der Waals surface area contributed by atoms with Crippen molar-refractivity contribution >= 4 is 47.3 Å². The fraction of sp³-hybridized carbons (Fsp3) is 0.444. The number of piperidine rings is 2. The van der Waals surface area contributed by atoms with Crippen LogP contribution in [0, 0.1) is 17.8 Å². The van der Waals surface area contributed by atoms with E-state index in [2.05, 4.69) is 31.2 Å². The topological polar surface area (TPSA) is 172 Å². The quantitative estimate of drug-likeness (QED) is 0.324. The van der Waals surface area contributed by atoms with Gasteiger partial charge >= 0.3 is 6.03 Å². The third-order valence-electron chi connectivity index (χ3n) is 14.0. The van der Waals surface area contributed by atoms with Crippen LogP contribution in [0.4, 0.5) is 10.5 Å². The molecule has 3 aromatic rings. The molecule has 4 atom stereocenters. The van der Waals surface area contributed by atoms with E-state index in [1.807, 2.05) is 76.5 Å². The van der Waals surface area contributed by atoms with Crippen molar-refractivity contribution < 1.29 is 23.9 Å². The highest BCUT2D eigenvalue weighted by molar-refractivity contribution is 6.17. The largest absolute Gasteiger partial charge is 0.457 e. The van der Waals surface area contributed by atoms with E-state index in [0.717, 1.165) is 99.2 Å².